The summed E-state index contributed by atoms with van der Waals surface area (Å²) in [7, 11) is 0. The van der Waals surface area contributed by atoms with Gasteiger partial charge in [-0.2, -0.15) is 0 Å². The van der Waals surface area contributed by atoms with Crippen LogP contribution in [0.15, 0.2) is 0 Å². The monoisotopic (exact) mass is 316 g/mol. The minimum atomic E-state index is 0.833. The molecule has 140 valence electrons. The van der Waals surface area contributed by atoms with E-state index in [1.54, 1.807) is 0 Å². The summed E-state index contributed by atoms with van der Waals surface area (Å²) < 4.78 is 0. The molecule has 0 aliphatic heterocycles. The highest BCUT2D eigenvalue weighted by atomic mass is 14.0. The van der Waals surface area contributed by atoms with Gasteiger partial charge in [0.05, 0.1) is 0 Å². The summed E-state index contributed by atoms with van der Waals surface area (Å²) in [6, 6.07) is 0. The molecule has 0 atom stereocenters. The maximum Gasteiger partial charge on any atom is -0.0448 e. The lowest BCUT2D eigenvalue weighted by Crippen LogP contribution is -1.95. The molecule has 0 unspecified atom stereocenters. The van der Waals surface area contributed by atoms with Crippen LogP contribution in [0.1, 0.15) is 110 Å². The van der Waals surface area contributed by atoms with Crippen LogP contribution < -0.4 is 0 Å². The van der Waals surface area contributed by atoms with Gasteiger partial charge in [0.15, 0.2) is 0 Å². The largest absolute Gasteiger partial charge is 0.0651 e. The van der Waals surface area contributed by atoms with E-state index in [9.17, 15) is 0 Å². The first-order chi connectivity index (χ1) is 9.77. The zero-order valence-corrected chi connectivity index (χ0v) is 18.9. The Morgan fingerprint density at radius 1 is 0.455 bits per heavy atom. The van der Waals surface area contributed by atoms with Gasteiger partial charge in [-0.15, -0.1) is 0 Å². The summed E-state index contributed by atoms with van der Waals surface area (Å²) in [6.07, 6.45) is 2.67. The zero-order chi connectivity index (χ0) is 18.9. The molecular weight excluding hydrogens is 264 g/mol. The molecule has 0 N–H and O–H groups in total. The van der Waals surface area contributed by atoms with Gasteiger partial charge in [0.25, 0.3) is 0 Å². The van der Waals surface area contributed by atoms with E-state index in [2.05, 4.69) is 96.9 Å². The summed E-state index contributed by atoms with van der Waals surface area (Å²) >= 11 is 0. The summed E-state index contributed by atoms with van der Waals surface area (Å²) in [5.74, 6) is 5.17. The molecule has 0 aromatic carbocycles. The van der Waals surface area contributed by atoms with E-state index in [0.29, 0.717) is 0 Å². The van der Waals surface area contributed by atoms with E-state index in [1.807, 2.05) is 0 Å². The van der Waals surface area contributed by atoms with Gasteiger partial charge in [-0.05, 0) is 41.9 Å². The van der Waals surface area contributed by atoms with Gasteiger partial charge in [0.2, 0.25) is 0 Å². The Morgan fingerprint density at radius 3 is 0.636 bits per heavy atom. The van der Waals surface area contributed by atoms with Crippen molar-refractivity contribution in [3.8, 4) is 0 Å². The predicted molar refractivity (Wildman–Crippen MR) is 110 cm³/mol. The maximum absolute atomic E-state index is 2.26. The Morgan fingerprint density at radius 2 is 0.636 bits per heavy atom. The second-order valence-corrected chi connectivity index (χ2v) is 9.05. The van der Waals surface area contributed by atoms with E-state index >= 15 is 0 Å². The molecule has 0 nitrogen and oxygen atoms in total. The van der Waals surface area contributed by atoms with Crippen molar-refractivity contribution in [2.24, 2.45) is 35.5 Å². The molecule has 22 heavy (non-hydrogen) atoms. The number of hydrogen-bond acceptors (Lipinski definition) is 0. The van der Waals surface area contributed by atoms with E-state index in [1.165, 1.54) is 12.8 Å². The molecule has 0 rings (SSSR count). The minimum absolute atomic E-state index is 0.833. The molecule has 0 saturated heterocycles. The SMILES string of the molecule is CC(C)C.CC(C)C(C)C.CC(C)CC(C)C.CCC(C)C. The second kappa shape index (κ2) is 21.0. The molecule has 0 aliphatic carbocycles. The van der Waals surface area contributed by atoms with E-state index in [4.69, 9.17) is 0 Å². The summed E-state index contributed by atoms with van der Waals surface area (Å²) in [5.41, 5.74) is 0. The van der Waals surface area contributed by atoms with Gasteiger partial charge < -0.3 is 0 Å². The van der Waals surface area contributed by atoms with Gasteiger partial charge in [0, 0.05) is 0 Å². The van der Waals surface area contributed by atoms with E-state index in [0.717, 1.165) is 35.5 Å². The first-order valence-electron chi connectivity index (χ1n) is 9.77. The highest BCUT2D eigenvalue weighted by Gasteiger charge is 1.96. The van der Waals surface area contributed by atoms with Crippen LogP contribution >= 0.6 is 0 Å². The van der Waals surface area contributed by atoms with E-state index < -0.39 is 0 Å². The van der Waals surface area contributed by atoms with Crippen molar-refractivity contribution in [1.82, 2.24) is 0 Å². The average Bonchev–Trinajstić information content (AvgIpc) is 2.27. The fraction of sp³-hybridized carbons (Fsp3) is 1.00. The van der Waals surface area contributed by atoms with Gasteiger partial charge in [-0.1, -0.05) is 103 Å². The first-order valence-corrected chi connectivity index (χ1v) is 9.77. The van der Waals surface area contributed by atoms with Crippen molar-refractivity contribution in [1.29, 1.82) is 0 Å². The topological polar surface area (TPSA) is 0 Å². The van der Waals surface area contributed by atoms with Crippen LogP contribution in [0.25, 0.3) is 0 Å². The van der Waals surface area contributed by atoms with Gasteiger partial charge >= 0.3 is 0 Å². The third kappa shape index (κ3) is 72.2. The minimum Gasteiger partial charge on any atom is -0.0651 e. The van der Waals surface area contributed by atoms with Crippen LogP contribution in [-0.2, 0) is 0 Å². The van der Waals surface area contributed by atoms with Crippen LogP contribution in [0.2, 0.25) is 0 Å². The van der Waals surface area contributed by atoms with Crippen molar-refractivity contribution in [2.75, 3.05) is 0 Å². The first kappa shape index (κ1) is 29.9. The van der Waals surface area contributed by atoms with Gasteiger partial charge in [-0.25, -0.2) is 0 Å². The highest BCUT2D eigenvalue weighted by molar-refractivity contribution is 4.47. The predicted octanol–water partition coefficient (Wildman–Crippen LogP) is 8.70. The van der Waals surface area contributed by atoms with Crippen LogP contribution in [0.3, 0.4) is 0 Å². The lowest BCUT2D eigenvalue weighted by molar-refractivity contribution is 0.457. The van der Waals surface area contributed by atoms with Gasteiger partial charge in [0.1, 0.15) is 0 Å². The summed E-state index contributed by atoms with van der Waals surface area (Å²) in [6.45, 7) is 31.2. The van der Waals surface area contributed by atoms with Crippen molar-refractivity contribution in [2.45, 2.75) is 110 Å². The molecule has 0 amide bonds. The molecule has 0 spiro atoms. The van der Waals surface area contributed by atoms with Crippen molar-refractivity contribution in [3.05, 3.63) is 0 Å². The standard InChI is InChI=1S/C7H16.C6H14.C5H12.C4H10/c1-6(2)5-7(3)4;1-5(2)6(3)4;1-4-5(2)3;1-4(2)3/h6-7H,5H2,1-4H3;5-6H,1-4H3;5H,4H2,1-3H3;4H,1-3H3. The normalized spacial score (nSPS) is 10.4. The molecule has 0 heteroatoms. The lowest BCUT2D eigenvalue weighted by Gasteiger charge is -2.05. The molecule has 0 aromatic rings. The van der Waals surface area contributed by atoms with Crippen LogP contribution in [0.5, 0.6) is 0 Å². The molecule has 0 fully saturated rings. The number of hydrogen-bond donors (Lipinski definition) is 0. The Kier molecular flexibility index (Phi) is 28.6. The van der Waals surface area contributed by atoms with Crippen LogP contribution in [0.4, 0.5) is 0 Å². The lowest BCUT2D eigenvalue weighted by atomic mass is 10.0. The Labute approximate surface area is 145 Å². The van der Waals surface area contributed by atoms with Crippen LogP contribution in [-0.4, -0.2) is 0 Å². The van der Waals surface area contributed by atoms with Crippen LogP contribution in [0, 0.1) is 35.5 Å². The highest BCUT2D eigenvalue weighted by Crippen LogP contribution is 2.08. The summed E-state index contributed by atoms with van der Waals surface area (Å²) in [4.78, 5) is 0. The third-order valence-corrected chi connectivity index (χ3v) is 3.09. The molecule has 0 bridgehead atoms. The molecule has 0 radical (unpaired) electrons. The zero-order valence-electron chi connectivity index (χ0n) is 18.9. The Hall–Kier alpha value is 0. The maximum atomic E-state index is 2.26. The van der Waals surface area contributed by atoms with Crippen molar-refractivity contribution < 1.29 is 0 Å². The van der Waals surface area contributed by atoms with E-state index in [-0.39, 0.29) is 0 Å². The second-order valence-electron chi connectivity index (χ2n) is 9.05. The molecule has 0 heterocycles. The molecule has 0 aromatic heterocycles. The van der Waals surface area contributed by atoms with Crippen molar-refractivity contribution >= 4 is 0 Å². The van der Waals surface area contributed by atoms with Crippen molar-refractivity contribution in [3.63, 3.8) is 0 Å². The molecule has 0 saturated carbocycles. The fourth-order valence-corrected chi connectivity index (χ4v) is 0.943. The average molecular weight is 317 g/mol. The quantitative estimate of drug-likeness (QED) is 0.486. The molecular formula is C22H52. The summed E-state index contributed by atoms with van der Waals surface area (Å²) in [5, 5.41) is 0. The fourth-order valence-electron chi connectivity index (χ4n) is 0.943. The van der Waals surface area contributed by atoms with Gasteiger partial charge in [-0.3, -0.25) is 0 Å². The third-order valence-electron chi connectivity index (χ3n) is 3.09. The molecule has 0 aliphatic rings. The Bertz CT molecular complexity index is 146. The number of rotatable bonds is 4. The smallest absolute Gasteiger partial charge is 0.0448 e. The Balaban J connectivity index is -0.000000100.